The van der Waals surface area contributed by atoms with E-state index in [1.165, 1.54) is 19.3 Å². The molecule has 0 atom stereocenters. The maximum atomic E-state index is 5.87. The number of rotatable bonds is 1. The maximum absolute atomic E-state index is 5.87. The van der Waals surface area contributed by atoms with Gasteiger partial charge >= 0.3 is 0 Å². The summed E-state index contributed by atoms with van der Waals surface area (Å²) in [5, 5.41) is 5.14. The molecule has 1 aliphatic carbocycles. The lowest BCUT2D eigenvalue weighted by molar-refractivity contribution is 0.402. The Kier molecular flexibility index (Phi) is 1.74. The topological polar surface area (TPSA) is 30.2 Å². The Balaban J connectivity index is 2.10. The van der Waals surface area contributed by atoms with Crippen molar-refractivity contribution in [3.05, 3.63) is 29.2 Å². The Labute approximate surface area is 86.7 Å². The molecular weight excluding hydrogens is 198 g/mol. The number of pyridine rings is 1. The third-order valence-electron chi connectivity index (χ3n) is 2.79. The van der Waals surface area contributed by atoms with Gasteiger partial charge in [-0.3, -0.25) is 0 Å². The molecule has 0 bridgehead atoms. The number of nitrogens with zero attached hydrogens (tertiary/aromatic N) is 3. The second-order valence-corrected chi connectivity index (χ2v) is 4.18. The van der Waals surface area contributed by atoms with Crippen LogP contribution in [0, 0.1) is 0 Å². The molecule has 0 N–H and O–H groups in total. The minimum absolute atomic E-state index is 0.577. The van der Waals surface area contributed by atoms with Gasteiger partial charge in [-0.25, -0.2) is 9.50 Å². The van der Waals surface area contributed by atoms with E-state index in [1.54, 1.807) is 4.52 Å². The summed E-state index contributed by atoms with van der Waals surface area (Å²) >= 11 is 5.87. The van der Waals surface area contributed by atoms with E-state index in [2.05, 4.69) is 10.1 Å². The van der Waals surface area contributed by atoms with E-state index >= 15 is 0 Å². The third-order valence-corrected chi connectivity index (χ3v) is 3.02. The SMILES string of the molecule is Clc1ccn2nc(C3CCC3)nc2c1. The van der Waals surface area contributed by atoms with Gasteiger partial charge in [0, 0.05) is 23.2 Å². The lowest BCUT2D eigenvalue weighted by Gasteiger charge is -2.21. The van der Waals surface area contributed by atoms with Crippen LogP contribution in [0.2, 0.25) is 5.02 Å². The second kappa shape index (κ2) is 2.95. The van der Waals surface area contributed by atoms with Crippen LogP contribution in [0.1, 0.15) is 31.0 Å². The number of hydrogen-bond donors (Lipinski definition) is 0. The van der Waals surface area contributed by atoms with Crippen molar-refractivity contribution in [2.24, 2.45) is 0 Å². The summed E-state index contributed by atoms with van der Waals surface area (Å²) in [6.07, 6.45) is 5.61. The highest BCUT2D eigenvalue weighted by Crippen LogP contribution is 2.34. The van der Waals surface area contributed by atoms with Crippen molar-refractivity contribution in [3.8, 4) is 0 Å². The van der Waals surface area contributed by atoms with Crippen LogP contribution in [-0.4, -0.2) is 14.6 Å². The lowest BCUT2D eigenvalue weighted by Crippen LogP contribution is -2.10. The molecule has 2 heterocycles. The molecular formula is C10H10ClN3. The third kappa shape index (κ3) is 1.20. The van der Waals surface area contributed by atoms with Gasteiger partial charge in [-0.1, -0.05) is 18.0 Å². The predicted octanol–water partition coefficient (Wildman–Crippen LogP) is 2.65. The molecule has 0 spiro atoms. The molecule has 0 amide bonds. The first-order valence-corrected chi connectivity index (χ1v) is 5.22. The van der Waals surface area contributed by atoms with Crippen LogP contribution in [0.25, 0.3) is 5.65 Å². The van der Waals surface area contributed by atoms with Gasteiger partial charge in [0.2, 0.25) is 0 Å². The van der Waals surface area contributed by atoms with Crippen LogP contribution in [0.15, 0.2) is 18.3 Å². The standard InChI is InChI=1S/C10H10ClN3/c11-8-4-5-14-9(6-8)12-10(13-14)7-2-1-3-7/h4-7H,1-3H2. The van der Waals surface area contributed by atoms with Gasteiger partial charge in [0.1, 0.15) is 0 Å². The van der Waals surface area contributed by atoms with Crippen molar-refractivity contribution < 1.29 is 0 Å². The van der Waals surface area contributed by atoms with Gasteiger partial charge in [0.05, 0.1) is 0 Å². The van der Waals surface area contributed by atoms with Crippen LogP contribution in [0.3, 0.4) is 0 Å². The molecule has 3 rings (SSSR count). The predicted molar refractivity (Wildman–Crippen MR) is 54.6 cm³/mol. The molecule has 0 aliphatic heterocycles. The van der Waals surface area contributed by atoms with Crippen molar-refractivity contribution in [1.29, 1.82) is 0 Å². The normalized spacial score (nSPS) is 17.2. The first-order valence-electron chi connectivity index (χ1n) is 4.85. The average molecular weight is 208 g/mol. The van der Waals surface area contributed by atoms with Crippen LogP contribution < -0.4 is 0 Å². The molecule has 0 aromatic carbocycles. The largest absolute Gasteiger partial charge is 0.221 e. The fraction of sp³-hybridized carbons (Fsp3) is 0.400. The zero-order chi connectivity index (χ0) is 9.54. The van der Waals surface area contributed by atoms with Gasteiger partial charge in [0.25, 0.3) is 0 Å². The highest BCUT2D eigenvalue weighted by molar-refractivity contribution is 6.30. The molecule has 3 nitrogen and oxygen atoms in total. The fourth-order valence-corrected chi connectivity index (χ4v) is 1.87. The van der Waals surface area contributed by atoms with Crippen molar-refractivity contribution in [2.75, 3.05) is 0 Å². The molecule has 14 heavy (non-hydrogen) atoms. The number of hydrogen-bond acceptors (Lipinski definition) is 2. The van der Waals surface area contributed by atoms with Gasteiger partial charge in [-0.2, -0.15) is 5.10 Å². The van der Waals surface area contributed by atoms with Crippen LogP contribution in [0.5, 0.6) is 0 Å². The van der Waals surface area contributed by atoms with Crippen molar-refractivity contribution in [1.82, 2.24) is 14.6 Å². The van der Waals surface area contributed by atoms with E-state index in [0.717, 1.165) is 11.5 Å². The number of aromatic nitrogens is 3. The summed E-state index contributed by atoms with van der Waals surface area (Å²) in [5.74, 6) is 1.55. The molecule has 2 aromatic heterocycles. The molecule has 1 fully saturated rings. The second-order valence-electron chi connectivity index (χ2n) is 3.75. The first-order chi connectivity index (χ1) is 6.83. The lowest BCUT2D eigenvalue weighted by atomic mass is 9.85. The fourth-order valence-electron chi connectivity index (χ4n) is 1.71. The zero-order valence-electron chi connectivity index (χ0n) is 7.65. The Hall–Kier alpha value is -1.09. The summed E-state index contributed by atoms with van der Waals surface area (Å²) in [7, 11) is 0. The molecule has 1 aliphatic rings. The minimum Gasteiger partial charge on any atom is -0.221 e. The van der Waals surface area contributed by atoms with Crippen molar-refractivity contribution in [2.45, 2.75) is 25.2 Å². The van der Waals surface area contributed by atoms with Crippen LogP contribution in [0.4, 0.5) is 0 Å². The van der Waals surface area contributed by atoms with E-state index in [9.17, 15) is 0 Å². The maximum Gasteiger partial charge on any atom is 0.157 e. The van der Waals surface area contributed by atoms with Crippen LogP contribution >= 0.6 is 11.6 Å². The summed E-state index contributed by atoms with van der Waals surface area (Å²) in [6.45, 7) is 0. The molecule has 1 saturated carbocycles. The summed E-state index contributed by atoms with van der Waals surface area (Å²) in [5.41, 5.74) is 0.847. The van der Waals surface area contributed by atoms with Gasteiger partial charge in [-0.15, -0.1) is 0 Å². The summed E-state index contributed by atoms with van der Waals surface area (Å²) in [4.78, 5) is 4.46. The monoisotopic (exact) mass is 207 g/mol. The average Bonchev–Trinajstić information content (AvgIpc) is 2.43. The smallest absolute Gasteiger partial charge is 0.157 e. The van der Waals surface area contributed by atoms with Crippen molar-refractivity contribution >= 4 is 17.2 Å². The van der Waals surface area contributed by atoms with Gasteiger partial charge < -0.3 is 0 Å². The Morgan fingerprint density at radius 3 is 3.00 bits per heavy atom. The molecule has 2 aromatic rings. The summed E-state index contributed by atoms with van der Waals surface area (Å²) < 4.78 is 1.79. The molecule has 0 radical (unpaired) electrons. The number of fused-ring (bicyclic) bond motifs is 1. The highest BCUT2D eigenvalue weighted by atomic mass is 35.5. The summed E-state index contributed by atoms with van der Waals surface area (Å²) in [6, 6.07) is 3.67. The van der Waals surface area contributed by atoms with E-state index in [1.807, 2.05) is 18.3 Å². The van der Waals surface area contributed by atoms with E-state index in [4.69, 9.17) is 11.6 Å². The van der Waals surface area contributed by atoms with Gasteiger partial charge in [0.15, 0.2) is 11.5 Å². The number of halogens is 1. The van der Waals surface area contributed by atoms with Crippen molar-refractivity contribution in [3.63, 3.8) is 0 Å². The van der Waals surface area contributed by atoms with E-state index in [-0.39, 0.29) is 0 Å². The molecule has 72 valence electrons. The highest BCUT2D eigenvalue weighted by Gasteiger charge is 2.23. The molecule has 0 unspecified atom stereocenters. The Bertz CT molecular complexity index is 473. The molecule has 0 saturated heterocycles. The molecule has 4 heteroatoms. The van der Waals surface area contributed by atoms with E-state index in [0.29, 0.717) is 10.9 Å². The van der Waals surface area contributed by atoms with Gasteiger partial charge in [-0.05, 0) is 18.9 Å². The Morgan fingerprint density at radius 2 is 2.29 bits per heavy atom. The van der Waals surface area contributed by atoms with E-state index < -0.39 is 0 Å². The first kappa shape index (κ1) is 8.24. The quantitative estimate of drug-likeness (QED) is 0.720. The minimum atomic E-state index is 0.577. The Morgan fingerprint density at radius 1 is 1.43 bits per heavy atom. The zero-order valence-corrected chi connectivity index (χ0v) is 8.41. The van der Waals surface area contributed by atoms with Crippen LogP contribution in [-0.2, 0) is 0 Å².